The Morgan fingerprint density at radius 1 is 1.00 bits per heavy atom. The van der Waals surface area contributed by atoms with Crippen LogP contribution in [0.2, 0.25) is 5.02 Å². The molecule has 0 saturated heterocycles. The molecule has 3 nitrogen and oxygen atoms in total. The van der Waals surface area contributed by atoms with Crippen LogP contribution in [-0.4, -0.2) is 18.2 Å². The van der Waals surface area contributed by atoms with Crippen LogP contribution in [0, 0.1) is 0 Å². The summed E-state index contributed by atoms with van der Waals surface area (Å²) < 4.78 is 11.3. The van der Waals surface area contributed by atoms with E-state index >= 15 is 0 Å². The summed E-state index contributed by atoms with van der Waals surface area (Å²) in [6, 6.07) is 15.0. The van der Waals surface area contributed by atoms with Crippen LogP contribution < -0.4 is 15.2 Å². The molecule has 0 fully saturated rings. The van der Waals surface area contributed by atoms with Gasteiger partial charge in [-0.25, -0.2) is 0 Å². The highest BCUT2D eigenvalue weighted by Crippen LogP contribution is 2.26. The highest BCUT2D eigenvalue weighted by Gasteiger charge is 2.10. The van der Waals surface area contributed by atoms with Gasteiger partial charge in [-0.2, -0.15) is 0 Å². The quantitative estimate of drug-likeness (QED) is 0.622. The van der Waals surface area contributed by atoms with Crippen LogP contribution in [0.1, 0.15) is 12.0 Å². The van der Waals surface area contributed by atoms with E-state index in [0.29, 0.717) is 29.5 Å². The third-order valence-corrected chi connectivity index (χ3v) is 3.30. The summed E-state index contributed by atoms with van der Waals surface area (Å²) in [7, 11) is 0. The fourth-order valence-electron chi connectivity index (χ4n) is 1.81. The third-order valence-electron chi connectivity index (χ3n) is 2.78. The number of halogens is 1. The molecule has 2 aromatic rings. The molecule has 0 amide bonds. The molecule has 0 aromatic heterocycles. The molecule has 5 heteroatoms. The van der Waals surface area contributed by atoms with E-state index in [-0.39, 0.29) is 4.99 Å². The zero-order valence-electron chi connectivity index (χ0n) is 11.4. The highest BCUT2D eigenvalue weighted by atomic mass is 35.5. The molecule has 110 valence electrons. The maximum atomic E-state index is 6.07. The van der Waals surface area contributed by atoms with Crippen molar-refractivity contribution in [2.24, 2.45) is 5.73 Å². The largest absolute Gasteiger partial charge is 0.493 e. The Balaban J connectivity index is 1.81. The van der Waals surface area contributed by atoms with Crippen molar-refractivity contribution in [2.75, 3.05) is 13.2 Å². The van der Waals surface area contributed by atoms with Gasteiger partial charge >= 0.3 is 0 Å². The van der Waals surface area contributed by atoms with Crippen LogP contribution >= 0.6 is 23.8 Å². The fraction of sp³-hybridized carbons (Fsp3) is 0.188. The smallest absolute Gasteiger partial charge is 0.130 e. The first-order valence-electron chi connectivity index (χ1n) is 6.57. The fourth-order valence-corrected chi connectivity index (χ4v) is 2.35. The number of rotatable bonds is 7. The van der Waals surface area contributed by atoms with Crippen molar-refractivity contribution >= 4 is 28.8 Å². The van der Waals surface area contributed by atoms with Crippen molar-refractivity contribution in [1.82, 2.24) is 0 Å². The molecule has 2 N–H and O–H groups in total. The van der Waals surface area contributed by atoms with E-state index in [4.69, 9.17) is 39.0 Å². The molecule has 2 rings (SSSR count). The third kappa shape index (κ3) is 4.62. The first-order chi connectivity index (χ1) is 10.2. The van der Waals surface area contributed by atoms with Crippen LogP contribution in [0.4, 0.5) is 0 Å². The molecule has 0 saturated carbocycles. The Bertz CT molecular complexity index is 604. The van der Waals surface area contributed by atoms with Crippen LogP contribution in [0.15, 0.2) is 48.5 Å². The second-order valence-corrected chi connectivity index (χ2v) is 5.19. The average Bonchev–Trinajstić information content (AvgIpc) is 2.47. The van der Waals surface area contributed by atoms with Gasteiger partial charge in [0.1, 0.15) is 16.5 Å². The molecule has 21 heavy (non-hydrogen) atoms. The minimum absolute atomic E-state index is 0.233. The Morgan fingerprint density at radius 2 is 1.71 bits per heavy atom. The molecule has 0 heterocycles. The van der Waals surface area contributed by atoms with Gasteiger partial charge in [0.15, 0.2) is 0 Å². The number of ether oxygens (including phenoxy) is 2. The lowest BCUT2D eigenvalue weighted by Gasteiger charge is -2.12. The van der Waals surface area contributed by atoms with Crippen molar-refractivity contribution in [3.05, 3.63) is 59.1 Å². The van der Waals surface area contributed by atoms with Gasteiger partial charge in [-0.05, 0) is 24.3 Å². The summed E-state index contributed by atoms with van der Waals surface area (Å²) in [4.78, 5) is 0.233. The number of hydrogen-bond acceptors (Lipinski definition) is 3. The molecule has 0 unspecified atom stereocenters. The van der Waals surface area contributed by atoms with Gasteiger partial charge in [0.05, 0.1) is 23.8 Å². The van der Waals surface area contributed by atoms with E-state index in [0.717, 1.165) is 12.2 Å². The van der Waals surface area contributed by atoms with Crippen molar-refractivity contribution in [1.29, 1.82) is 0 Å². The number of hydrogen-bond donors (Lipinski definition) is 1. The zero-order chi connectivity index (χ0) is 15.1. The van der Waals surface area contributed by atoms with E-state index in [2.05, 4.69) is 0 Å². The second-order valence-electron chi connectivity index (χ2n) is 4.34. The van der Waals surface area contributed by atoms with Crippen LogP contribution in [-0.2, 0) is 0 Å². The minimum atomic E-state index is 0.233. The lowest BCUT2D eigenvalue weighted by atomic mass is 10.2. The van der Waals surface area contributed by atoms with Crippen LogP contribution in [0.3, 0.4) is 0 Å². The van der Waals surface area contributed by atoms with Gasteiger partial charge in [-0.3, -0.25) is 0 Å². The van der Waals surface area contributed by atoms with Crippen molar-refractivity contribution in [3.8, 4) is 11.5 Å². The Kier molecular flexibility index (Phi) is 5.84. The van der Waals surface area contributed by atoms with E-state index in [1.165, 1.54) is 0 Å². The normalized spacial score (nSPS) is 10.1. The first-order valence-corrected chi connectivity index (χ1v) is 7.36. The topological polar surface area (TPSA) is 44.5 Å². The summed E-state index contributed by atoms with van der Waals surface area (Å²) in [5, 5.41) is 0.500. The number of benzene rings is 2. The summed E-state index contributed by atoms with van der Waals surface area (Å²) in [6.45, 7) is 1.08. The standard InChI is InChI=1S/C16H16ClNO2S/c17-13-8-4-9-14(15(13)16(18)21)20-11-5-10-19-12-6-2-1-3-7-12/h1-4,6-9H,5,10-11H2,(H2,18,21). The summed E-state index contributed by atoms with van der Waals surface area (Å²) >= 11 is 11.1. The molecule has 0 aliphatic carbocycles. The summed E-state index contributed by atoms with van der Waals surface area (Å²) in [6.07, 6.45) is 0.748. The predicted octanol–water partition coefficient (Wildman–Crippen LogP) is 3.82. The van der Waals surface area contributed by atoms with Gasteiger partial charge in [0.25, 0.3) is 0 Å². The Morgan fingerprint density at radius 3 is 2.43 bits per heavy atom. The van der Waals surface area contributed by atoms with Crippen molar-refractivity contribution in [3.63, 3.8) is 0 Å². The SMILES string of the molecule is NC(=S)c1c(Cl)cccc1OCCCOc1ccccc1. The number of thiocarbonyl (C=S) groups is 1. The van der Waals surface area contributed by atoms with E-state index in [1.807, 2.05) is 30.3 Å². The minimum Gasteiger partial charge on any atom is -0.493 e. The molecule has 2 aromatic carbocycles. The van der Waals surface area contributed by atoms with Crippen molar-refractivity contribution < 1.29 is 9.47 Å². The molecular formula is C16H16ClNO2S. The number of para-hydroxylation sites is 1. The summed E-state index contributed by atoms with van der Waals surface area (Å²) in [5.74, 6) is 1.46. The van der Waals surface area contributed by atoms with Gasteiger partial charge in [-0.1, -0.05) is 48.1 Å². The number of nitrogens with two attached hydrogens (primary N) is 1. The lowest BCUT2D eigenvalue weighted by Crippen LogP contribution is -2.13. The van der Waals surface area contributed by atoms with Crippen molar-refractivity contribution in [2.45, 2.75) is 6.42 Å². The molecule has 0 atom stereocenters. The average molecular weight is 322 g/mol. The monoisotopic (exact) mass is 321 g/mol. The van der Waals surface area contributed by atoms with Gasteiger partial charge in [-0.15, -0.1) is 0 Å². The lowest BCUT2D eigenvalue weighted by molar-refractivity contribution is 0.247. The first kappa shape index (κ1) is 15.6. The zero-order valence-corrected chi connectivity index (χ0v) is 13.0. The van der Waals surface area contributed by atoms with Gasteiger partial charge < -0.3 is 15.2 Å². The maximum absolute atomic E-state index is 6.07. The van der Waals surface area contributed by atoms with E-state index in [9.17, 15) is 0 Å². The predicted molar refractivity (Wildman–Crippen MR) is 89.4 cm³/mol. The second kappa shape index (κ2) is 7.86. The molecule has 0 radical (unpaired) electrons. The molecular weight excluding hydrogens is 306 g/mol. The van der Waals surface area contributed by atoms with Crippen LogP contribution in [0.5, 0.6) is 11.5 Å². The summed E-state index contributed by atoms with van der Waals surface area (Å²) in [5.41, 5.74) is 6.25. The Labute approximate surface area is 134 Å². The van der Waals surface area contributed by atoms with Gasteiger partial charge in [0.2, 0.25) is 0 Å². The molecule has 0 aliphatic rings. The Hall–Kier alpha value is -1.78. The maximum Gasteiger partial charge on any atom is 0.130 e. The molecule has 0 bridgehead atoms. The molecule has 0 spiro atoms. The van der Waals surface area contributed by atoms with E-state index in [1.54, 1.807) is 18.2 Å². The van der Waals surface area contributed by atoms with Crippen LogP contribution in [0.25, 0.3) is 0 Å². The van der Waals surface area contributed by atoms with Gasteiger partial charge in [0, 0.05) is 6.42 Å². The van der Waals surface area contributed by atoms with E-state index < -0.39 is 0 Å². The highest BCUT2D eigenvalue weighted by molar-refractivity contribution is 7.80. The molecule has 0 aliphatic heterocycles.